The van der Waals surface area contributed by atoms with Crippen LogP contribution in [0.25, 0.3) is 0 Å². The molecule has 0 spiro atoms. The first-order valence-corrected chi connectivity index (χ1v) is 5.98. The third-order valence-corrected chi connectivity index (χ3v) is 2.66. The summed E-state index contributed by atoms with van der Waals surface area (Å²) in [5.74, 6) is -6.05. The number of nitriles is 1. The zero-order valence-electron chi connectivity index (χ0n) is 10.8. The summed E-state index contributed by atoms with van der Waals surface area (Å²) in [6, 6.07) is 1.38. The highest BCUT2D eigenvalue weighted by atomic mass is 19.1. The predicted molar refractivity (Wildman–Crippen MR) is 66.2 cm³/mol. The average molecular weight is 299 g/mol. The Morgan fingerprint density at radius 1 is 1.29 bits per heavy atom. The van der Waals surface area contributed by atoms with Crippen LogP contribution in [0.15, 0.2) is 12.1 Å². The molecular formula is C13H12F3N3O2. The number of nitrogens with two attached hydrogens (primary N) is 1. The molecule has 2 amide bonds. The van der Waals surface area contributed by atoms with E-state index in [0.29, 0.717) is 12.1 Å². The number of unbranched alkanes of at least 4 members (excludes halogenated alkanes) is 1. The van der Waals surface area contributed by atoms with Crippen LogP contribution in [-0.4, -0.2) is 17.9 Å². The number of carbonyl (C=O) groups is 2. The second kappa shape index (κ2) is 7.28. The fraction of sp³-hybridized carbons (Fsp3) is 0.308. The van der Waals surface area contributed by atoms with Crippen molar-refractivity contribution in [1.82, 2.24) is 5.32 Å². The van der Waals surface area contributed by atoms with Gasteiger partial charge in [0.15, 0.2) is 0 Å². The van der Waals surface area contributed by atoms with E-state index in [1.54, 1.807) is 0 Å². The van der Waals surface area contributed by atoms with Crippen molar-refractivity contribution in [3.8, 4) is 6.07 Å². The van der Waals surface area contributed by atoms with Gasteiger partial charge in [0.1, 0.15) is 29.1 Å². The van der Waals surface area contributed by atoms with Gasteiger partial charge in [-0.05, 0) is 12.8 Å². The molecule has 0 aliphatic rings. The van der Waals surface area contributed by atoms with Crippen LogP contribution in [0.1, 0.15) is 29.6 Å². The van der Waals surface area contributed by atoms with E-state index >= 15 is 0 Å². The van der Waals surface area contributed by atoms with E-state index in [9.17, 15) is 22.8 Å². The van der Waals surface area contributed by atoms with E-state index < -0.39 is 40.9 Å². The van der Waals surface area contributed by atoms with E-state index in [4.69, 9.17) is 11.0 Å². The molecule has 0 aromatic heterocycles. The molecule has 0 radical (unpaired) electrons. The number of nitrogens with one attached hydrogen (secondary N) is 1. The molecule has 1 aromatic rings. The third-order valence-electron chi connectivity index (χ3n) is 2.66. The Balaban J connectivity index is 2.88. The summed E-state index contributed by atoms with van der Waals surface area (Å²) < 4.78 is 39.6. The highest BCUT2D eigenvalue weighted by Gasteiger charge is 2.24. The highest BCUT2D eigenvalue weighted by Crippen LogP contribution is 2.15. The molecule has 112 valence electrons. The summed E-state index contributed by atoms with van der Waals surface area (Å²) in [5, 5.41) is 10.5. The van der Waals surface area contributed by atoms with Crippen molar-refractivity contribution in [3.05, 3.63) is 35.1 Å². The Morgan fingerprint density at radius 3 is 2.33 bits per heavy atom. The van der Waals surface area contributed by atoms with Crippen molar-refractivity contribution in [2.75, 3.05) is 0 Å². The molecule has 1 rings (SSSR count). The lowest BCUT2D eigenvalue weighted by Crippen LogP contribution is -2.44. The lowest BCUT2D eigenvalue weighted by Gasteiger charge is -2.15. The van der Waals surface area contributed by atoms with Crippen LogP contribution in [0.4, 0.5) is 13.2 Å². The first-order valence-electron chi connectivity index (χ1n) is 5.98. The van der Waals surface area contributed by atoms with Crippen LogP contribution in [-0.2, 0) is 4.79 Å². The van der Waals surface area contributed by atoms with Crippen molar-refractivity contribution in [2.24, 2.45) is 5.73 Å². The summed E-state index contributed by atoms with van der Waals surface area (Å²) in [6.07, 6.45) is 0.469. The summed E-state index contributed by atoms with van der Waals surface area (Å²) in [6.45, 7) is 0. The topological polar surface area (TPSA) is 96.0 Å². The second-order valence-corrected chi connectivity index (χ2v) is 4.22. The van der Waals surface area contributed by atoms with Gasteiger partial charge >= 0.3 is 0 Å². The van der Waals surface area contributed by atoms with E-state index in [1.807, 2.05) is 6.07 Å². The monoisotopic (exact) mass is 299 g/mol. The number of rotatable bonds is 6. The van der Waals surface area contributed by atoms with Gasteiger partial charge < -0.3 is 11.1 Å². The Bertz CT molecular complexity index is 576. The van der Waals surface area contributed by atoms with E-state index in [-0.39, 0.29) is 19.3 Å². The SMILES string of the molecule is N#CCCC[C@H](NC(=O)c1c(F)cc(F)cc1F)C(N)=O. The van der Waals surface area contributed by atoms with Gasteiger partial charge in [0.25, 0.3) is 5.91 Å². The smallest absolute Gasteiger partial charge is 0.257 e. The van der Waals surface area contributed by atoms with Crippen molar-refractivity contribution in [2.45, 2.75) is 25.3 Å². The standard InChI is InChI=1S/C13H12F3N3O2/c14-7-5-8(15)11(9(16)6-7)13(21)19-10(12(18)20)3-1-2-4-17/h5-6,10H,1-3H2,(H2,18,20)(H,19,21)/t10-/m0/s1. The highest BCUT2D eigenvalue weighted by molar-refractivity contribution is 5.97. The fourth-order valence-corrected chi connectivity index (χ4v) is 1.66. The van der Waals surface area contributed by atoms with Crippen molar-refractivity contribution in [3.63, 3.8) is 0 Å². The Hall–Kier alpha value is -2.56. The molecule has 5 nitrogen and oxygen atoms in total. The molecule has 1 atom stereocenters. The maximum absolute atomic E-state index is 13.4. The molecule has 21 heavy (non-hydrogen) atoms. The number of nitrogens with zero attached hydrogens (tertiary/aromatic N) is 1. The van der Waals surface area contributed by atoms with Crippen LogP contribution in [0, 0.1) is 28.8 Å². The van der Waals surface area contributed by atoms with Gasteiger partial charge in [0.05, 0.1) is 6.07 Å². The molecule has 3 N–H and O–H groups in total. The largest absolute Gasteiger partial charge is 0.368 e. The number of halogens is 3. The van der Waals surface area contributed by atoms with Crippen LogP contribution in [0.5, 0.6) is 0 Å². The van der Waals surface area contributed by atoms with Crippen molar-refractivity contribution < 1.29 is 22.8 Å². The van der Waals surface area contributed by atoms with Crippen LogP contribution in [0.2, 0.25) is 0 Å². The number of benzene rings is 1. The van der Waals surface area contributed by atoms with Crippen molar-refractivity contribution >= 4 is 11.8 Å². The van der Waals surface area contributed by atoms with Gasteiger partial charge in [-0.25, -0.2) is 13.2 Å². The number of hydrogen-bond acceptors (Lipinski definition) is 3. The molecule has 0 fully saturated rings. The molecule has 0 aliphatic heterocycles. The van der Waals surface area contributed by atoms with Gasteiger partial charge in [-0.1, -0.05) is 0 Å². The maximum Gasteiger partial charge on any atom is 0.257 e. The molecule has 1 aromatic carbocycles. The van der Waals surface area contributed by atoms with Crippen LogP contribution < -0.4 is 11.1 Å². The van der Waals surface area contributed by atoms with Gasteiger partial charge in [-0.2, -0.15) is 5.26 Å². The Labute approximate surface area is 118 Å². The summed E-state index contributed by atoms with van der Waals surface area (Å²) in [7, 11) is 0. The summed E-state index contributed by atoms with van der Waals surface area (Å²) in [4.78, 5) is 22.9. The van der Waals surface area contributed by atoms with E-state index in [2.05, 4.69) is 5.32 Å². The minimum Gasteiger partial charge on any atom is -0.368 e. The predicted octanol–water partition coefficient (Wildman–Crippen LogP) is 1.38. The summed E-state index contributed by atoms with van der Waals surface area (Å²) >= 11 is 0. The molecule has 0 saturated carbocycles. The second-order valence-electron chi connectivity index (χ2n) is 4.22. The number of amides is 2. The third kappa shape index (κ3) is 4.49. The van der Waals surface area contributed by atoms with Crippen molar-refractivity contribution in [1.29, 1.82) is 5.26 Å². The molecule has 8 heteroatoms. The molecule has 0 unspecified atom stereocenters. The van der Waals surface area contributed by atoms with Gasteiger partial charge in [0.2, 0.25) is 5.91 Å². The molecule has 0 heterocycles. The first-order chi connectivity index (χ1) is 9.86. The zero-order valence-corrected chi connectivity index (χ0v) is 10.8. The lowest BCUT2D eigenvalue weighted by atomic mass is 10.1. The van der Waals surface area contributed by atoms with Gasteiger partial charge in [-0.3, -0.25) is 9.59 Å². The van der Waals surface area contributed by atoms with Crippen LogP contribution >= 0.6 is 0 Å². The maximum atomic E-state index is 13.4. The fourth-order valence-electron chi connectivity index (χ4n) is 1.66. The molecule has 0 aliphatic carbocycles. The lowest BCUT2D eigenvalue weighted by molar-refractivity contribution is -0.120. The first kappa shape index (κ1) is 16.5. The number of primary amides is 1. The Morgan fingerprint density at radius 2 is 1.86 bits per heavy atom. The van der Waals surface area contributed by atoms with Gasteiger partial charge in [-0.15, -0.1) is 0 Å². The zero-order chi connectivity index (χ0) is 16.0. The molecule has 0 saturated heterocycles. The number of hydrogen-bond donors (Lipinski definition) is 2. The minimum atomic E-state index is -1.38. The average Bonchev–Trinajstić information content (AvgIpc) is 2.36. The van der Waals surface area contributed by atoms with Gasteiger partial charge in [0, 0.05) is 18.6 Å². The number of carbonyl (C=O) groups excluding carboxylic acids is 2. The van der Waals surface area contributed by atoms with E-state index in [1.165, 1.54) is 0 Å². The summed E-state index contributed by atoms with van der Waals surface area (Å²) in [5.41, 5.74) is 4.06. The molecule has 0 bridgehead atoms. The Kier molecular flexibility index (Phi) is 5.72. The van der Waals surface area contributed by atoms with E-state index in [0.717, 1.165) is 0 Å². The van der Waals surface area contributed by atoms with Crippen LogP contribution in [0.3, 0.4) is 0 Å². The normalized spacial score (nSPS) is 11.5. The quantitative estimate of drug-likeness (QED) is 0.777. The molecular weight excluding hydrogens is 287 g/mol. The minimum absolute atomic E-state index is 0.0546.